The Bertz CT molecular complexity index is 1210. The van der Waals surface area contributed by atoms with Crippen LogP contribution in [0.5, 0.6) is 5.75 Å². The number of anilines is 1. The Morgan fingerprint density at radius 2 is 1.97 bits per heavy atom. The van der Waals surface area contributed by atoms with Gasteiger partial charge in [-0.3, -0.25) is 0 Å². The molecule has 9 heteroatoms. The van der Waals surface area contributed by atoms with Crippen LogP contribution < -0.4 is 10.9 Å². The van der Waals surface area contributed by atoms with Crippen LogP contribution in [0.15, 0.2) is 51.9 Å². The van der Waals surface area contributed by atoms with Gasteiger partial charge >= 0.3 is 11.8 Å². The standard InChI is InChI=1S/C22H19ClF3NO4/c1-2-11-10-21(30,22(24,25)26)19(14-6-7-15(23)18(28)17(11)14)27-16-5-3-4-13-12(16)8-9-31-20(13)29/h3-9,11,19,27-28,30H,2,10H2,1H3/t11-,19+,21-/m1/s1. The average Bonchev–Trinajstić information content (AvgIpc) is 2.72. The van der Waals surface area contributed by atoms with Gasteiger partial charge in [0, 0.05) is 16.6 Å². The summed E-state index contributed by atoms with van der Waals surface area (Å²) in [5.74, 6) is -1.04. The molecule has 0 saturated heterocycles. The van der Waals surface area contributed by atoms with Gasteiger partial charge in [0.15, 0.2) is 5.60 Å². The normalized spacial score (nSPS) is 23.5. The van der Waals surface area contributed by atoms with E-state index in [9.17, 15) is 28.2 Å². The van der Waals surface area contributed by atoms with Crippen molar-refractivity contribution in [1.29, 1.82) is 0 Å². The molecule has 1 aliphatic carbocycles. The summed E-state index contributed by atoms with van der Waals surface area (Å²) in [7, 11) is 0. The monoisotopic (exact) mass is 453 g/mol. The number of phenols is 1. The number of nitrogens with one attached hydrogen (secondary N) is 1. The molecule has 0 bridgehead atoms. The number of alkyl halides is 3. The molecule has 1 heterocycles. The number of halogens is 4. The first-order valence-electron chi connectivity index (χ1n) is 9.66. The van der Waals surface area contributed by atoms with Crippen molar-refractivity contribution in [2.75, 3.05) is 5.32 Å². The molecule has 3 atom stereocenters. The maximum absolute atomic E-state index is 14.2. The van der Waals surface area contributed by atoms with Crippen LogP contribution in [0.4, 0.5) is 18.9 Å². The highest BCUT2D eigenvalue weighted by Crippen LogP contribution is 2.56. The molecule has 4 rings (SSSR count). The SMILES string of the molecule is CC[C@@H]1C[C@](O)(C(F)(F)F)[C@@H](Nc2cccc3c(=O)occc23)c2ccc(Cl)c(O)c21. The third-order valence-corrected chi connectivity index (χ3v) is 6.28. The third kappa shape index (κ3) is 3.34. The molecule has 0 aliphatic heterocycles. The summed E-state index contributed by atoms with van der Waals surface area (Å²) in [5, 5.41) is 24.9. The first-order chi connectivity index (χ1) is 14.6. The predicted molar refractivity (Wildman–Crippen MR) is 111 cm³/mol. The number of phenolic OH excluding ortho intramolecular Hbond substituents is 1. The van der Waals surface area contributed by atoms with Crippen molar-refractivity contribution in [1.82, 2.24) is 0 Å². The van der Waals surface area contributed by atoms with E-state index in [2.05, 4.69) is 5.32 Å². The van der Waals surface area contributed by atoms with Crippen LogP contribution in [0.3, 0.4) is 0 Å². The van der Waals surface area contributed by atoms with E-state index in [0.29, 0.717) is 5.39 Å². The van der Waals surface area contributed by atoms with Gasteiger partial charge in [0.05, 0.1) is 22.7 Å². The summed E-state index contributed by atoms with van der Waals surface area (Å²) < 4.78 is 47.4. The zero-order valence-electron chi connectivity index (χ0n) is 16.3. The van der Waals surface area contributed by atoms with Gasteiger partial charge in [-0.15, -0.1) is 0 Å². The summed E-state index contributed by atoms with van der Waals surface area (Å²) in [5.41, 5.74) is -3.16. The van der Waals surface area contributed by atoms with E-state index in [-0.39, 0.29) is 39.4 Å². The fourth-order valence-electron chi connectivity index (χ4n) is 4.39. The van der Waals surface area contributed by atoms with Crippen molar-refractivity contribution in [3.63, 3.8) is 0 Å². The number of aromatic hydroxyl groups is 1. The van der Waals surface area contributed by atoms with Gasteiger partial charge < -0.3 is 19.9 Å². The van der Waals surface area contributed by atoms with Crippen molar-refractivity contribution in [3.8, 4) is 5.75 Å². The highest BCUT2D eigenvalue weighted by atomic mass is 35.5. The van der Waals surface area contributed by atoms with Crippen LogP contribution in [0.25, 0.3) is 10.8 Å². The molecule has 1 aromatic heterocycles. The van der Waals surface area contributed by atoms with Crippen molar-refractivity contribution < 1.29 is 27.8 Å². The first-order valence-corrected chi connectivity index (χ1v) is 10.0. The van der Waals surface area contributed by atoms with Gasteiger partial charge in [-0.25, -0.2) is 4.79 Å². The Balaban J connectivity index is 1.95. The molecule has 3 N–H and O–H groups in total. The van der Waals surface area contributed by atoms with Crippen LogP contribution in [-0.4, -0.2) is 22.0 Å². The van der Waals surface area contributed by atoms with Gasteiger partial charge in [-0.1, -0.05) is 30.7 Å². The Kier molecular flexibility index (Phi) is 5.18. The molecule has 31 heavy (non-hydrogen) atoms. The molecular formula is C22H19ClF3NO4. The molecule has 2 aromatic carbocycles. The Labute approximate surface area is 180 Å². The Morgan fingerprint density at radius 3 is 2.65 bits per heavy atom. The first kappa shape index (κ1) is 21.5. The molecule has 5 nitrogen and oxygen atoms in total. The lowest BCUT2D eigenvalue weighted by Gasteiger charge is -2.46. The minimum Gasteiger partial charge on any atom is -0.506 e. The van der Waals surface area contributed by atoms with Crippen LogP contribution in [-0.2, 0) is 0 Å². The quantitative estimate of drug-likeness (QED) is 0.488. The number of aliphatic hydroxyl groups is 1. The van der Waals surface area contributed by atoms with Gasteiger partial charge in [0.1, 0.15) is 5.75 Å². The topological polar surface area (TPSA) is 82.7 Å². The van der Waals surface area contributed by atoms with E-state index in [0.717, 1.165) is 6.26 Å². The van der Waals surface area contributed by atoms with Crippen LogP contribution in [0, 0.1) is 0 Å². The zero-order valence-corrected chi connectivity index (χ0v) is 17.1. The summed E-state index contributed by atoms with van der Waals surface area (Å²) in [4.78, 5) is 12.0. The van der Waals surface area contributed by atoms with Gasteiger partial charge in [-0.2, -0.15) is 13.2 Å². The average molecular weight is 454 g/mol. The van der Waals surface area contributed by atoms with Gasteiger partial charge in [-0.05, 0) is 48.6 Å². The third-order valence-electron chi connectivity index (χ3n) is 5.98. The molecule has 0 fully saturated rings. The summed E-state index contributed by atoms with van der Waals surface area (Å²) in [6.07, 6.45) is -4.20. The second-order valence-electron chi connectivity index (χ2n) is 7.68. The lowest BCUT2D eigenvalue weighted by molar-refractivity contribution is -0.272. The fraction of sp³-hybridized carbons (Fsp3) is 0.318. The molecular weight excluding hydrogens is 435 g/mol. The lowest BCUT2D eigenvalue weighted by atomic mass is 9.69. The predicted octanol–water partition coefficient (Wildman–Crippen LogP) is 5.50. The lowest BCUT2D eigenvalue weighted by Crippen LogP contribution is -2.55. The molecule has 0 unspecified atom stereocenters. The van der Waals surface area contributed by atoms with Crippen molar-refractivity contribution >= 4 is 28.1 Å². The minimum atomic E-state index is -4.96. The second kappa shape index (κ2) is 7.46. The highest BCUT2D eigenvalue weighted by molar-refractivity contribution is 6.32. The largest absolute Gasteiger partial charge is 0.506 e. The molecule has 164 valence electrons. The number of hydrogen-bond donors (Lipinski definition) is 3. The van der Waals surface area contributed by atoms with Crippen LogP contribution in [0.1, 0.15) is 42.9 Å². The maximum Gasteiger partial charge on any atom is 0.419 e. The summed E-state index contributed by atoms with van der Waals surface area (Å²) in [6.45, 7) is 1.68. The van der Waals surface area contributed by atoms with Crippen molar-refractivity contribution in [2.24, 2.45) is 0 Å². The minimum absolute atomic E-state index is 0.0242. The number of hydrogen-bond acceptors (Lipinski definition) is 5. The molecule has 3 aromatic rings. The smallest absolute Gasteiger partial charge is 0.419 e. The fourth-order valence-corrected chi connectivity index (χ4v) is 4.55. The number of benzene rings is 2. The molecule has 0 radical (unpaired) electrons. The second-order valence-corrected chi connectivity index (χ2v) is 8.09. The highest BCUT2D eigenvalue weighted by Gasteiger charge is 2.62. The zero-order chi connectivity index (χ0) is 22.6. The Morgan fingerprint density at radius 1 is 1.23 bits per heavy atom. The van der Waals surface area contributed by atoms with E-state index in [4.69, 9.17) is 16.0 Å². The molecule has 1 aliphatic rings. The summed E-state index contributed by atoms with van der Waals surface area (Å²) in [6, 6.07) is 7.02. The van der Waals surface area contributed by atoms with E-state index in [1.165, 1.54) is 36.4 Å². The van der Waals surface area contributed by atoms with Gasteiger partial charge in [0.2, 0.25) is 0 Å². The van der Waals surface area contributed by atoms with Crippen LogP contribution >= 0.6 is 11.6 Å². The molecule has 0 amide bonds. The number of fused-ring (bicyclic) bond motifs is 2. The molecule has 0 saturated carbocycles. The van der Waals surface area contributed by atoms with E-state index >= 15 is 0 Å². The van der Waals surface area contributed by atoms with E-state index in [1.807, 2.05) is 0 Å². The Hall–Kier alpha value is -2.71. The summed E-state index contributed by atoms with van der Waals surface area (Å²) >= 11 is 6.03. The van der Waals surface area contributed by atoms with E-state index in [1.54, 1.807) is 6.92 Å². The van der Waals surface area contributed by atoms with Crippen molar-refractivity contribution in [3.05, 3.63) is 69.2 Å². The molecule has 0 spiro atoms. The van der Waals surface area contributed by atoms with E-state index < -0.39 is 35.8 Å². The maximum atomic E-state index is 14.2. The van der Waals surface area contributed by atoms with Crippen molar-refractivity contribution in [2.45, 2.75) is 43.5 Å². The number of rotatable bonds is 3. The van der Waals surface area contributed by atoms with Crippen LogP contribution in [0.2, 0.25) is 5.02 Å². The van der Waals surface area contributed by atoms with Gasteiger partial charge in [0.25, 0.3) is 0 Å².